The molecule has 0 amide bonds. The SMILES string of the molecule is COC(=O)C(C)(C)C(N)c1cccc(N)c1. The van der Waals surface area contributed by atoms with Crippen molar-refractivity contribution in [1.82, 2.24) is 0 Å². The summed E-state index contributed by atoms with van der Waals surface area (Å²) in [7, 11) is 1.36. The Morgan fingerprint density at radius 3 is 2.56 bits per heavy atom. The molecule has 0 aliphatic heterocycles. The molecular formula is C12H18N2O2. The summed E-state index contributed by atoms with van der Waals surface area (Å²) in [6.07, 6.45) is 0. The average molecular weight is 222 g/mol. The second kappa shape index (κ2) is 4.53. The first kappa shape index (κ1) is 12.5. The van der Waals surface area contributed by atoms with Gasteiger partial charge in [-0.05, 0) is 31.5 Å². The summed E-state index contributed by atoms with van der Waals surface area (Å²) >= 11 is 0. The Labute approximate surface area is 95.6 Å². The van der Waals surface area contributed by atoms with Crippen LogP contribution in [0, 0.1) is 5.41 Å². The lowest BCUT2D eigenvalue weighted by atomic mass is 9.81. The highest BCUT2D eigenvalue weighted by atomic mass is 16.5. The molecule has 16 heavy (non-hydrogen) atoms. The summed E-state index contributed by atoms with van der Waals surface area (Å²) in [5.74, 6) is -0.331. The highest BCUT2D eigenvalue weighted by Crippen LogP contribution is 2.32. The molecule has 0 aliphatic carbocycles. The fraction of sp³-hybridized carbons (Fsp3) is 0.417. The number of hydrogen-bond acceptors (Lipinski definition) is 4. The topological polar surface area (TPSA) is 78.3 Å². The minimum atomic E-state index is -0.775. The lowest BCUT2D eigenvalue weighted by molar-refractivity contribution is -0.152. The molecule has 0 aromatic heterocycles. The van der Waals surface area contributed by atoms with Gasteiger partial charge in [0.05, 0.1) is 12.5 Å². The molecule has 0 fully saturated rings. The van der Waals surface area contributed by atoms with Gasteiger partial charge in [-0.15, -0.1) is 0 Å². The van der Waals surface area contributed by atoms with E-state index in [0.29, 0.717) is 5.69 Å². The molecule has 0 bridgehead atoms. The van der Waals surface area contributed by atoms with Gasteiger partial charge >= 0.3 is 5.97 Å². The molecule has 0 radical (unpaired) electrons. The van der Waals surface area contributed by atoms with Gasteiger partial charge in [-0.2, -0.15) is 0 Å². The van der Waals surface area contributed by atoms with Crippen molar-refractivity contribution in [2.45, 2.75) is 19.9 Å². The maximum atomic E-state index is 11.6. The minimum Gasteiger partial charge on any atom is -0.469 e. The number of ether oxygens (including phenoxy) is 1. The van der Waals surface area contributed by atoms with Gasteiger partial charge in [-0.1, -0.05) is 12.1 Å². The number of carbonyl (C=O) groups excluding carboxylic acids is 1. The standard InChI is InChI=1S/C12H18N2O2/c1-12(2,11(15)16-3)10(14)8-5-4-6-9(13)7-8/h4-7,10H,13-14H2,1-3H3. The van der Waals surface area contributed by atoms with Crippen LogP contribution in [0.5, 0.6) is 0 Å². The van der Waals surface area contributed by atoms with Crippen LogP contribution in [-0.4, -0.2) is 13.1 Å². The first-order valence-corrected chi connectivity index (χ1v) is 5.09. The number of hydrogen-bond donors (Lipinski definition) is 2. The van der Waals surface area contributed by atoms with Crippen molar-refractivity contribution in [2.24, 2.45) is 11.1 Å². The van der Waals surface area contributed by atoms with E-state index in [1.807, 2.05) is 12.1 Å². The second-order valence-electron chi connectivity index (χ2n) is 4.36. The van der Waals surface area contributed by atoms with Crippen LogP contribution in [0.25, 0.3) is 0 Å². The largest absolute Gasteiger partial charge is 0.469 e. The Hall–Kier alpha value is -1.55. The van der Waals surface area contributed by atoms with Gasteiger partial charge in [0.1, 0.15) is 0 Å². The second-order valence-corrected chi connectivity index (χ2v) is 4.36. The number of methoxy groups -OCH3 is 1. The number of nitrogen functional groups attached to an aromatic ring is 1. The summed E-state index contributed by atoms with van der Waals surface area (Å²) in [4.78, 5) is 11.6. The van der Waals surface area contributed by atoms with E-state index in [9.17, 15) is 4.79 Å². The van der Waals surface area contributed by atoms with Crippen LogP contribution >= 0.6 is 0 Å². The Kier molecular flexibility index (Phi) is 3.55. The molecule has 4 N–H and O–H groups in total. The average Bonchev–Trinajstić information content (AvgIpc) is 2.26. The summed E-state index contributed by atoms with van der Waals surface area (Å²) in [6.45, 7) is 3.51. The molecule has 4 heteroatoms. The number of nitrogens with two attached hydrogens (primary N) is 2. The first-order chi connectivity index (χ1) is 7.39. The third-order valence-corrected chi connectivity index (χ3v) is 2.76. The quantitative estimate of drug-likeness (QED) is 0.599. The third-order valence-electron chi connectivity index (χ3n) is 2.76. The van der Waals surface area contributed by atoms with Crippen LogP contribution in [-0.2, 0) is 9.53 Å². The zero-order valence-corrected chi connectivity index (χ0v) is 9.86. The normalized spacial score (nSPS) is 13.2. The van der Waals surface area contributed by atoms with E-state index in [1.54, 1.807) is 26.0 Å². The van der Waals surface area contributed by atoms with Crippen molar-refractivity contribution in [3.8, 4) is 0 Å². The van der Waals surface area contributed by atoms with Gasteiger partial charge < -0.3 is 16.2 Å². The molecule has 0 aliphatic rings. The van der Waals surface area contributed by atoms with E-state index in [4.69, 9.17) is 16.2 Å². The molecule has 1 aromatic rings. The maximum absolute atomic E-state index is 11.6. The highest BCUT2D eigenvalue weighted by Gasteiger charge is 2.36. The maximum Gasteiger partial charge on any atom is 0.313 e. The van der Waals surface area contributed by atoms with Crippen molar-refractivity contribution < 1.29 is 9.53 Å². The summed E-state index contributed by atoms with van der Waals surface area (Å²) in [5, 5.41) is 0. The van der Waals surface area contributed by atoms with Gasteiger partial charge in [0, 0.05) is 11.7 Å². The highest BCUT2D eigenvalue weighted by molar-refractivity contribution is 5.77. The molecular weight excluding hydrogens is 204 g/mol. The number of benzene rings is 1. The molecule has 1 unspecified atom stereocenters. The first-order valence-electron chi connectivity index (χ1n) is 5.09. The predicted octanol–water partition coefficient (Wildman–Crippen LogP) is 1.47. The number of carbonyl (C=O) groups is 1. The van der Waals surface area contributed by atoms with E-state index in [2.05, 4.69) is 0 Å². The molecule has 0 heterocycles. The van der Waals surface area contributed by atoms with E-state index < -0.39 is 11.5 Å². The zero-order valence-electron chi connectivity index (χ0n) is 9.86. The van der Waals surface area contributed by atoms with Crippen LogP contribution in [0.3, 0.4) is 0 Å². The fourth-order valence-corrected chi connectivity index (χ4v) is 1.56. The molecule has 4 nitrogen and oxygen atoms in total. The Balaban J connectivity index is 3.01. The van der Waals surface area contributed by atoms with E-state index >= 15 is 0 Å². The Bertz CT molecular complexity index is 388. The summed E-state index contributed by atoms with van der Waals surface area (Å²) in [5.41, 5.74) is 12.4. The predicted molar refractivity (Wildman–Crippen MR) is 63.6 cm³/mol. The van der Waals surface area contributed by atoms with E-state index in [0.717, 1.165) is 5.56 Å². The van der Waals surface area contributed by atoms with Crippen LogP contribution < -0.4 is 11.5 Å². The molecule has 0 saturated carbocycles. The zero-order chi connectivity index (χ0) is 12.3. The van der Waals surface area contributed by atoms with Gasteiger partial charge in [0.25, 0.3) is 0 Å². The Morgan fingerprint density at radius 1 is 1.44 bits per heavy atom. The smallest absolute Gasteiger partial charge is 0.313 e. The van der Waals surface area contributed by atoms with Crippen LogP contribution in [0.15, 0.2) is 24.3 Å². The van der Waals surface area contributed by atoms with E-state index in [-0.39, 0.29) is 5.97 Å². The molecule has 1 rings (SSSR count). The van der Waals surface area contributed by atoms with Gasteiger partial charge in [-0.25, -0.2) is 0 Å². The minimum absolute atomic E-state index is 0.331. The third kappa shape index (κ3) is 2.33. The van der Waals surface area contributed by atoms with Crippen molar-refractivity contribution in [3.63, 3.8) is 0 Å². The van der Waals surface area contributed by atoms with E-state index in [1.165, 1.54) is 7.11 Å². The summed E-state index contributed by atoms with van der Waals surface area (Å²) < 4.78 is 4.74. The summed E-state index contributed by atoms with van der Waals surface area (Å²) in [6, 6.07) is 6.78. The lowest BCUT2D eigenvalue weighted by Gasteiger charge is -2.29. The Morgan fingerprint density at radius 2 is 2.06 bits per heavy atom. The number of esters is 1. The van der Waals surface area contributed by atoms with Crippen molar-refractivity contribution in [2.75, 3.05) is 12.8 Å². The van der Waals surface area contributed by atoms with Gasteiger partial charge in [-0.3, -0.25) is 4.79 Å². The molecule has 0 saturated heterocycles. The van der Waals surface area contributed by atoms with Crippen LogP contribution in [0.1, 0.15) is 25.5 Å². The molecule has 88 valence electrons. The van der Waals surface area contributed by atoms with Crippen molar-refractivity contribution in [3.05, 3.63) is 29.8 Å². The van der Waals surface area contributed by atoms with Crippen LogP contribution in [0.2, 0.25) is 0 Å². The lowest BCUT2D eigenvalue weighted by Crippen LogP contribution is -2.37. The fourth-order valence-electron chi connectivity index (χ4n) is 1.56. The van der Waals surface area contributed by atoms with Gasteiger partial charge in [0.15, 0.2) is 0 Å². The van der Waals surface area contributed by atoms with Crippen LogP contribution in [0.4, 0.5) is 5.69 Å². The van der Waals surface area contributed by atoms with Crippen molar-refractivity contribution in [1.29, 1.82) is 0 Å². The molecule has 0 spiro atoms. The monoisotopic (exact) mass is 222 g/mol. The molecule has 1 atom stereocenters. The molecule has 1 aromatic carbocycles. The van der Waals surface area contributed by atoms with Gasteiger partial charge in [0.2, 0.25) is 0 Å². The number of rotatable bonds is 3. The number of anilines is 1. The van der Waals surface area contributed by atoms with Crippen molar-refractivity contribution >= 4 is 11.7 Å².